The highest BCUT2D eigenvalue weighted by atomic mass is 35.5. The van der Waals surface area contributed by atoms with E-state index in [9.17, 15) is 9.59 Å². The third-order valence-electron chi connectivity index (χ3n) is 3.72. The fourth-order valence-corrected chi connectivity index (χ4v) is 2.49. The number of hydrogen-bond acceptors (Lipinski definition) is 3. The minimum Gasteiger partial charge on any atom is -0.354 e. The average molecular weight is 310 g/mol. The number of nitrogens with one attached hydrogen (secondary N) is 2. The van der Waals surface area contributed by atoms with Crippen LogP contribution in [0.15, 0.2) is 24.3 Å². The first kappa shape index (κ1) is 15.8. The van der Waals surface area contributed by atoms with Crippen LogP contribution < -0.4 is 15.5 Å². The second-order valence-electron chi connectivity index (χ2n) is 5.25. The molecule has 2 amide bonds. The van der Waals surface area contributed by atoms with E-state index in [1.165, 1.54) is 0 Å². The number of hydrogen-bond donors (Lipinski definition) is 2. The molecular formula is C15H20ClN3O2. The van der Waals surface area contributed by atoms with E-state index in [0.717, 1.165) is 5.69 Å². The zero-order valence-corrected chi connectivity index (χ0v) is 13.0. The van der Waals surface area contributed by atoms with Crippen molar-refractivity contribution in [1.82, 2.24) is 10.6 Å². The molecule has 1 aromatic carbocycles. The molecule has 0 aromatic heterocycles. The second-order valence-corrected chi connectivity index (χ2v) is 5.68. The smallest absolute Gasteiger partial charge is 0.239 e. The number of carbonyl (C=O) groups is 2. The quantitative estimate of drug-likeness (QED) is 0.809. The van der Waals surface area contributed by atoms with Crippen LogP contribution in [0.3, 0.4) is 0 Å². The molecule has 2 rings (SSSR count). The lowest BCUT2D eigenvalue weighted by molar-refractivity contribution is -0.132. The van der Waals surface area contributed by atoms with E-state index in [0.29, 0.717) is 24.5 Å². The first-order chi connectivity index (χ1) is 10.0. The number of likely N-dealkylation sites (N-methyl/N-ethyl adjacent to an activating group) is 1. The molecule has 1 aliphatic rings. The Morgan fingerprint density at radius 2 is 2.29 bits per heavy atom. The Morgan fingerprint density at radius 1 is 1.52 bits per heavy atom. The van der Waals surface area contributed by atoms with Crippen LogP contribution in [0.5, 0.6) is 0 Å². The molecule has 6 heteroatoms. The number of amides is 2. The maximum atomic E-state index is 12.4. The van der Waals surface area contributed by atoms with Crippen LogP contribution in [-0.2, 0) is 9.59 Å². The number of carbonyl (C=O) groups excluding carboxylic acids is 2. The van der Waals surface area contributed by atoms with Crippen molar-refractivity contribution in [2.75, 3.05) is 25.0 Å². The molecule has 0 saturated carbocycles. The maximum Gasteiger partial charge on any atom is 0.239 e. The van der Waals surface area contributed by atoms with Crippen LogP contribution in [0.2, 0.25) is 5.02 Å². The molecule has 1 aromatic rings. The molecule has 0 bridgehead atoms. The Morgan fingerprint density at radius 3 is 2.95 bits per heavy atom. The Bertz CT molecular complexity index is 535. The summed E-state index contributed by atoms with van der Waals surface area (Å²) in [5.41, 5.74) is 0.742. The lowest BCUT2D eigenvalue weighted by Crippen LogP contribution is -2.42. The van der Waals surface area contributed by atoms with Gasteiger partial charge in [0, 0.05) is 29.8 Å². The third kappa shape index (κ3) is 3.74. The molecule has 1 fully saturated rings. The van der Waals surface area contributed by atoms with E-state index < -0.39 is 5.92 Å². The van der Waals surface area contributed by atoms with Crippen LogP contribution in [0, 0.1) is 5.92 Å². The maximum absolute atomic E-state index is 12.4. The Kier molecular flexibility index (Phi) is 5.20. The van der Waals surface area contributed by atoms with Gasteiger partial charge in [0.1, 0.15) is 5.92 Å². The van der Waals surface area contributed by atoms with Crippen LogP contribution in [-0.4, -0.2) is 38.0 Å². The summed E-state index contributed by atoms with van der Waals surface area (Å²) in [6.45, 7) is 3.02. The lowest BCUT2D eigenvalue weighted by Gasteiger charge is -2.17. The first-order valence-electron chi connectivity index (χ1n) is 7.05. The van der Waals surface area contributed by atoms with Gasteiger partial charge in [-0.05, 0) is 38.6 Å². The zero-order valence-electron chi connectivity index (χ0n) is 12.2. The Hall–Kier alpha value is -1.59. The van der Waals surface area contributed by atoms with Gasteiger partial charge in [-0.3, -0.25) is 9.59 Å². The Labute approximate surface area is 129 Å². The minimum absolute atomic E-state index is 0.160. The molecule has 0 aliphatic carbocycles. The van der Waals surface area contributed by atoms with E-state index >= 15 is 0 Å². The van der Waals surface area contributed by atoms with E-state index in [2.05, 4.69) is 10.6 Å². The normalized spacial score (nSPS) is 19.7. The molecule has 1 aliphatic heterocycles. The van der Waals surface area contributed by atoms with Crippen LogP contribution in [0.4, 0.5) is 5.69 Å². The van der Waals surface area contributed by atoms with Crippen molar-refractivity contribution >= 4 is 29.1 Å². The topological polar surface area (TPSA) is 61.4 Å². The van der Waals surface area contributed by atoms with E-state index in [4.69, 9.17) is 11.6 Å². The number of rotatable bonds is 5. The van der Waals surface area contributed by atoms with Gasteiger partial charge in [0.05, 0.1) is 0 Å². The molecule has 0 radical (unpaired) electrons. The standard InChI is InChI=1S/C15H20ClN3O2/c1-10(17-2)9-18-14(20)13-6-7-19(15(13)21)12-5-3-4-11(16)8-12/h3-5,8,10,13,17H,6-7,9H2,1-2H3,(H,18,20). The van der Waals surface area contributed by atoms with Gasteiger partial charge in [-0.25, -0.2) is 0 Å². The van der Waals surface area contributed by atoms with Gasteiger partial charge in [-0.2, -0.15) is 0 Å². The van der Waals surface area contributed by atoms with Crippen molar-refractivity contribution in [3.63, 3.8) is 0 Å². The summed E-state index contributed by atoms with van der Waals surface area (Å²) in [4.78, 5) is 26.1. The van der Waals surface area contributed by atoms with E-state index in [-0.39, 0.29) is 17.9 Å². The van der Waals surface area contributed by atoms with Crippen molar-refractivity contribution in [2.45, 2.75) is 19.4 Å². The summed E-state index contributed by atoms with van der Waals surface area (Å²) in [6.07, 6.45) is 0.533. The van der Waals surface area contributed by atoms with Gasteiger partial charge in [0.15, 0.2) is 0 Å². The van der Waals surface area contributed by atoms with Crippen molar-refractivity contribution in [3.05, 3.63) is 29.3 Å². The van der Waals surface area contributed by atoms with Gasteiger partial charge in [-0.15, -0.1) is 0 Å². The van der Waals surface area contributed by atoms with Gasteiger partial charge in [0.2, 0.25) is 11.8 Å². The molecule has 2 N–H and O–H groups in total. The molecule has 2 unspecified atom stereocenters. The summed E-state index contributed by atoms with van der Waals surface area (Å²) in [5.74, 6) is -0.966. The second kappa shape index (κ2) is 6.91. The summed E-state index contributed by atoms with van der Waals surface area (Å²) >= 11 is 5.95. The van der Waals surface area contributed by atoms with Gasteiger partial charge < -0.3 is 15.5 Å². The predicted octanol–water partition coefficient (Wildman–Crippen LogP) is 1.42. The van der Waals surface area contributed by atoms with Gasteiger partial charge in [-0.1, -0.05) is 17.7 Å². The van der Waals surface area contributed by atoms with Crippen molar-refractivity contribution < 1.29 is 9.59 Å². The van der Waals surface area contributed by atoms with Crippen LogP contribution >= 0.6 is 11.6 Å². The molecule has 2 atom stereocenters. The fourth-order valence-electron chi connectivity index (χ4n) is 2.30. The number of benzene rings is 1. The summed E-state index contributed by atoms with van der Waals surface area (Å²) in [6, 6.07) is 7.30. The number of halogens is 1. The highest BCUT2D eigenvalue weighted by Crippen LogP contribution is 2.27. The molecule has 1 saturated heterocycles. The van der Waals surface area contributed by atoms with E-state index in [1.54, 1.807) is 23.1 Å². The monoisotopic (exact) mass is 309 g/mol. The highest BCUT2D eigenvalue weighted by molar-refractivity contribution is 6.31. The van der Waals surface area contributed by atoms with Gasteiger partial charge >= 0.3 is 0 Å². The SMILES string of the molecule is CNC(C)CNC(=O)C1CCN(c2cccc(Cl)c2)C1=O. The molecular weight excluding hydrogens is 290 g/mol. The summed E-state index contributed by atoms with van der Waals surface area (Å²) in [5, 5.41) is 6.43. The minimum atomic E-state index is -0.604. The van der Waals surface area contributed by atoms with Crippen molar-refractivity contribution in [2.24, 2.45) is 5.92 Å². The van der Waals surface area contributed by atoms with Crippen molar-refractivity contribution in [3.8, 4) is 0 Å². The van der Waals surface area contributed by atoms with Crippen LogP contribution in [0.25, 0.3) is 0 Å². The first-order valence-corrected chi connectivity index (χ1v) is 7.42. The third-order valence-corrected chi connectivity index (χ3v) is 3.95. The summed E-state index contributed by atoms with van der Waals surface area (Å²) in [7, 11) is 1.83. The zero-order chi connectivity index (χ0) is 15.4. The molecule has 0 spiro atoms. The number of nitrogens with zero attached hydrogens (tertiary/aromatic N) is 1. The molecule has 114 valence electrons. The Balaban J connectivity index is 1.99. The average Bonchev–Trinajstić information content (AvgIpc) is 2.86. The van der Waals surface area contributed by atoms with E-state index in [1.807, 2.05) is 20.0 Å². The molecule has 21 heavy (non-hydrogen) atoms. The highest BCUT2D eigenvalue weighted by Gasteiger charge is 2.37. The fraction of sp³-hybridized carbons (Fsp3) is 0.467. The number of anilines is 1. The largest absolute Gasteiger partial charge is 0.354 e. The lowest BCUT2D eigenvalue weighted by atomic mass is 10.1. The summed E-state index contributed by atoms with van der Waals surface area (Å²) < 4.78 is 0. The van der Waals surface area contributed by atoms with Crippen molar-refractivity contribution in [1.29, 1.82) is 0 Å². The van der Waals surface area contributed by atoms with Gasteiger partial charge in [0.25, 0.3) is 0 Å². The molecule has 1 heterocycles. The predicted molar refractivity (Wildman–Crippen MR) is 83.4 cm³/mol. The van der Waals surface area contributed by atoms with Crippen LogP contribution in [0.1, 0.15) is 13.3 Å². The molecule has 5 nitrogen and oxygen atoms in total.